The molecule has 0 aliphatic heterocycles. The minimum atomic E-state index is 1.28. The molecule has 0 fully saturated rings. The van der Waals surface area contributed by atoms with E-state index < -0.39 is 0 Å². The summed E-state index contributed by atoms with van der Waals surface area (Å²) in [4.78, 5) is 0. The second kappa shape index (κ2) is 11.7. The van der Waals surface area contributed by atoms with Gasteiger partial charge in [-0.05, 0) is 36.8 Å². The van der Waals surface area contributed by atoms with Crippen molar-refractivity contribution < 1.29 is 0 Å². The van der Waals surface area contributed by atoms with Crippen molar-refractivity contribution in [2.75, 3.05) is 0 Å². The Kier molecular flexibility index (Phi) is 9.38. The molecule has 1 aromatic rings. The van der Waals surface area contributed by atoms with Gasteiger partial charge in [-0.25, -0.2) is 0 Å². The number of hydrogen-bond acceptors (Lipinski definition) is 0. The first-order chi connectivity index (χ1) is 10.9. The van der Waals surface area contributed by atoms with E-state index in [-0.39, 0.29) is 0 Å². The van der Waals surface area contributed by atoms with Gasteiger partial charge in [-0.2, -0.15) is 0 Å². The summed E-state index contributed by atoms with van der Waals surface area (Å²) in [6.07, 6.45) is 22.8. The molecule has 22 heavy (non-hydrogen) atoms. The van der Waals surface area contributed by atoms with Crippen LogP contribution in [0.5, 0.6) is 0 Å². The molecule has 0 N–H and O–H groups in total. The number of fused-ring (bicyclic) bond motifs is 17. The molecule has 2 aliphatic carbocycles. The van der Waals surface area contributed by atoms with Crippen molar-refractivity contribution in [3.05, 3.63) is 35.4 Å². The Bertz CT molecular complexity index is 325. The molecular weight excluding hydrogens is 264 g/mol. The fraction of sp³-hybridized carbons (Fsp3) is 0.727. The van der Waals surface area contributed by atoms with Crippen LogP contribution in [0.3, 0.4) is 0 Å². The van der Waals surface area contributed by atoms with Gasteiger partial charge in [0.1, 0.15) is 0 Å². The molecule has 1 aromatic carbocycles. The zero-order chi connectivity index (χ0) is 15.3. The van der Waals surface area contributed by atoms with Crippen molar-refractivity contribution in [2.45, 2.75) is 103 Å². The Hall–Kier alpha value is -0.780. The lowest BCUT2D eigenvalue weighted by Crippen LogP contribution is -1.90. The van der Waals surface area contributed by atoms with Crippen molar-refractivity contribution in [3.63, 3.8) is 0 Å². The molecule has 0 aromatic heterocycles. The highest BCUT2D eigenvalue weighted by molar-refractivity contribution is 5.22. The van der Waals surface area contributed by atoms with Crippen molar-refractivity contribution in [2.24, 2.45) is 0 Å². The van der Waals surface area contributed by atoms with Crippen molar-refractivity contribution in [1.29, 1.82) is 0 Å². The molecular formula is C22H36. The monoisotopic (exact) mass is 300 g/mol. The first-order valence-electron chi connectivity index (χ1n) is 10.0. The average molecular weight is 301 g/mol. The van der Waals surface area contributed by atoms with Crippen LogP contribution >= 0.6 is 0 Å². The summed E-state index contributed by atoms with van der Waals surface area (Å²) in [6, 6.07) is 9.47. The van der Waals surface area contributed by atoms with Crippen molar-refractivity contribution >= 4 is 0 Å². The lowest BCUT2D eigenvalue weighted by Gasteiger charge is -2.06. The van der Waals surface area contributed by atoms with E-state index in [0.717, 1.165) is 0 Å². The third-order valence-electron chi connectivity index (χ3n) is 5.20. The Labute approximate surface area is 138 Å². The highest BCUT2D eigenvalue weighted by atomic mass is 14.0. The summed E-state index contributed by atoms with van der Waals surface area (Å²) in [5, 5.41) is 0. The highest BCUT2D eigenvalue weighted by Crippen LogP contribution is 2.16. The van der Waals surface area contributed by atoms with E-state index in [1.807, 2.05) is 0 Å². The van der Waals surface area contributed by atoms with Gasteiger partial charge in [0.25, 0.3) is 0 Å². The van der Waals surface area contributed by atoms with Crippen LogP contribution in [0.15, 0.2) is 24.3 Å². The average Bonchev–Trinajstić information content (AvgIpc) is 2.55. The maximum Gasteiger partial charge on any atom is -0.0279 e. The van der Waals surface area contributed by atoms with E-state index >= 15 is 0 Å². The molecule has 0 saturated heterocycles. The Morgan fingerprint density at radius 3 is 0.818 bits per heavy atom. The van der Waals surface area contributed by atoms with Gasteiger partial charge in [0, 0.05) is 0 Å². The fourth-order valence-corrected chi connectivity index (χ4v) is 3.65. The SMILES string of the molecule is c1cc2ccc1CCCCCCCCCCCCCCCC2. The summed E-state index contributed by atoms with van der Waals surface area (Å²) in [7, 11) is 0. The molecule has 0 saturated carbocycles. The van der Waals surface area contributed by atoms with Crippen LogP contribution in [0, 0.1) is 0 Å². The Morgan fingerprint density at radius 1 is 0.318 bits per heavy atom. The van der Waals surface area contributed by atoms with Crippen molar-refractivity contribution in [3.8, 4) is 0 Å². The summed E-state index contributed by atoms with van der Waals surface area (Å²) in [6.45, 7) is 0. The molecule has 0 heteroatoms. The summed E-state index contributed by atoms with van der Waals surface area (Å²) >= 11 is 0. The Balaban J connectivity index is 1.73. The molecule has 0 atom stereocenters. The van der Waals surface area contributed by atoms with Gasteiger partial charge in [-0.1, -0.05) is 101 Å². The highest BCUT2D eigenvalue weighted by Gasteiger charge is 1.99. The third-order valence-corrected chi connectivity index (χ3v) is 5.20. The van der Waals surface area contributed by atoms with Crippen LogP contribution in [0.1, 0.15) is 101 Å². The lowest BCUT2D eigenvalue weighted by atomic mass is 10.00. The molecule has 0 amide bonds. The normalized spacial score (nSPS) is 20.5. The molecule has 0 unspecified atom stereocenters. The second-order valence-corrected chi connectivity index (χ2v) is 7.27. The topological polar surface area (TPSA) is 0 Å². The molecule has 3 rings (SSSR count). The minimum Gasteiger partial charge on any atom is -0.0588 e. The standard InChI is InChI=1S/C22H36/c1-2-4-6-8-10-12-14-16-22-19-17-21(18-20-22)15-13-11-9-7-5-3-1/h17-20H,1-16H2. The first kappa shape index (κ1) is 17.6. The third kappa shape index (κ3) is 8.01. The van der Waals surface area contributed by atoms with Gasteiger partial charge >= 0.3 is 0 Å². The minimum absolute atomic E-state index is 1.28. The quantitative estimate of drug-likeness (QED) is 0.473. The second-order valence-electron chi connectivity index (χ2n) is 7.27. The van der Waals surface area contributed by atoms with E-state index in [0.29, 0.717) is 0 Å². The summed E-state index contributed by atoms with van der Waals surface area (Å²) < 4.78 is 0. The predicted octanol–water partition coefficient (Wildman–Crippen LogP) is 7.25. The molecule has 2 bridgehead atoms. The van der Waals surface area contributed by atoms with Crippen LogP contribution < -0.4 is 0 Å². The molecule has 0 nitrogen and oxygen atoms in total. The van der Waals surface area contributed by atoms with E-state index in [9.17, 15) is 0 Å². The Morgan fingerprint density at radius 2 is 0.545 bits per heavy atom. The molecule has 0 spiro atoms. The smallest absolute Gasteiger partial charge is 0.0279 e. The largest absolute Gasteiger partial charge is 0.0588 e. The number of rotatable bonds is 0. The zero-order valence-electron chi connectivity index (χ0n) is 14.6. The number of hydrogen-bond donors (Lipinski definition) is 0. The van der Waals surface area contributed by atoms with Crippen LogP contribution in [-0.2, 0) is 12.8 Å². The van der Waals surface area contributed by atoms with Gasteiger partial charge in [0.05, 0.1) is 0 Å². The molecule has 0 heterocycles. The van der Waals surface area contributed by atoms with E-state index in [2.05, 4.69) is 24.3 Å². The van der Waals surface area contributed by atoms with Crippen LogP contribution in [-0.4, -0.2) is 0 Å². The zero-order valence-corrected chi connectivity index (χ0v) is 14.6. The van der Waals surface area contributed by atoms with E-state index in [4.69, 9.17) is 0 Å². The van der Waals surface area contributed by atoms with Gasteiger partial charge in [-0.15, -0.1) is 0 Å². The maximum absolute atomic E-state index is 2.37. The van der Waals surface area contributed by atoms with E-state index in [1.54, 1.807) is 0 Å². The lowest BCUT2D eigenvalue weighted by molar-refractivity contribution is 0.532. The van der Waals surface area contributed by atoms with Crippen molar-refractivity contribution in [1.82, 2.24) is 0 Å². The van der Waals surface area contributed by atoms with Gasteiger partial charge in [0.2, 0.25) is 0 Å². The van der Waals surface area contributed by atoms with Gasteiger partial charge in [-0.3, -0.25) is 0 Å². The fourth-order valence-electron chi connectivity index (χ4n) is 3.65. The predicted molar refractivity (Wildman–Crippen MR) is 98.5 cm³/mol. The van der Waals surface area contributed by atoms with Gasteiger partial charge in [0.15, 0.2) is 0 Å². The van der Waals surface area contributed by atoms with E-state index in [1.165, 1.54) is 114 Å². The van der Waals surface area contributed by atoms with Gasteiger partial charge < -0.3 is 0 Å². The number of aryl methyl sites for hydroxylation is 2. The maximum atomic E-state index is 2.37. The molecule has 0 radical (unpaired) electrons. The summed E-state index contributed by atoms with van der Waals surface area (Å²) in [5.41, 5.74) is 3.08. The number of benzene rings is 1. The first-order valence-corrected chi connectivity index (χ1v) is 10.0. The van der Waals surface area contributed by atoms with Crippen LogP contribution in [0.2, 0.25) is 0 Å². The van der Waals surface area contributed by atoms with Crippen LogP contribution in [0.25, 0.3) is 0 Å². The molecule has 2 aliphatic rings. The summed E-state index contributed by atoms with van der Waals surface area (Å²) in [5.74, 6) is 0. The van der Waals surface area contributed by atoms with Crippen LogP contribution in [0.4, 0.5) is 0 Å². The molecule has 124 valence electrons.